The van der Waals surface area contributed by atoms with Gasteiger partial charge in [-0.2, -0.15) is 0 Å². The van der Waals surface area contributed by atoms with Crippen LogP contribution in [0.3, 0.4) is 0 Å². The summed E-state index contributed by atoms with van der Waals surface area (Å²) >= 11 is 2.62. The highest BCUT2D eigenvalue weighted by molar-refractivity contribution is 7.11. The molecule has 1 N–H and O–H groups in total. The van der Waals surface area contributed by atoms with Crippen LogP contribution in [-0.4, -0.2) is 43.6 Å². The monoisotopic (exact) mass is 444 g/mol. The van der Waals surface area contributed by atoms with Crippen molar-refractivity contribution in [3.63, 3.8) is 0 Å². The third-order valence-electron chi connectivity index (χ3n) is 5.35. The molecule has 3 aromatic rings. The molecule has 0 unspecified atom stereocenters. The van der Waals surface area contributed by atoms with Crippen LogP contribution in [0.1, 0.15) is 50.2 Å². The van der Waals surface area contributed by atoms with Crippen LogP contribution in [0.2, 0.25) is 0 Å². The first-order valence-corrected chi connectivity index (χ1v) is 11.5. The topological polar surface area (TPSA) is 88.4 Å². The maximum Gasteiger partial charge on any atom is 0.267 e. The molecular weight excluding hydrogens is 420 g/mol. The SMILES string of the molecule is Cc1nc([C@@]2(O)CCCN(C(=O)c3snnc3C)CC2)sc1COc1ccccc1. The van der Waals surface area contributed by atoms with Crippen molar-refractivity contribution < 1.29 is 14.6 Å². The number of aromatic nitrogens is 3. The third kappa shape index (κ3) is 4.38. The second-order valence-corrected chi connectivity index (χ2v) is 9.33. The lowest BCUT2D eigenvalue weighted by Crippen LogP contribution is -2.33. The molecule has 1 amide bonds. The number of carbonyl (C=O) groups is 1. The molecule has 9 heteroatoms. The highest BCUT2D eigenvalue weighted by Gasteiger charge is 2.37. The molecule has 2 aromatic heterocycles. The second kappa shape index (κ2) is 8.79. The number of amides is 1. The van der Waals surface area contributed by atoms with E-state index in [-0.39, 0.29) is 5.91 Å². The number of aryl methyl sites for hydroxylation is 2. The molecular formula is C21H24N4O3S2. The summed E-state index contributed by atoms with van der Waals surface area (Å²) in [6, 6.07) is 9.66. The Morgan fingerprint density at radius 2 is 2.00 bits per heavy atom. The van der Waals surface area contributed by atoms with E-state index < -0.39 is 5.60 Å². The van der Waals surface area contributed by atoms with Crippen molar-refractivity contribution in [3.8, 4) is 5.75 Å². The van der Waals surface area contributed by atoms with Gasteiger partial charge in [0.2, 0.25) is 0 Å². The van der Waals surface area contributed by atoms with Gasteiger partial charge in [0.1, 0.15) is 27.8 Å². The van der Waals surface area contributed by atoms with Gasteiger partial charge in [0.05, 0.1) is 16.3 Å². The molecule has 1 fully saturated rings. The van der Waals surface area contributed by atoms with Crippen molar-refractivity contribution in [2.24, 2.45) is 0 Å². The summed E-state index contributed by atoms with van der Waals surface area (Å²) in [5, 5.41) is 16.0. The fourth-order valence-electron chi connectivity index (χ4n) is 3.53. The number of benzene rings is 1. The first-order chi connectivity index (χ1) is 14.5. The molecule has 0 spiro atoms. The molecule has 1 atom stereocenters. The van der Waals surface area contributed by atoms with E-state index in [1.807, 2.05) is 37.3 Å². The molecule has 0 aliphatic carbocycles. The van der Waals surface area contributed by atoms with Gasteiger partial charge < -0.3 is 14.7 Å². The zero-order valence-electron chi connectivity index (χ0n) is 17.0. The average Bonchev–Trinajstić information content (AvgIpc) is 3.28. The lowest BCUT2D eigenvalue weighted by atomic mass is 9.96. The third-order valence-corrected chi connectivity index (χ3v) is 7.49. The van der Waals surface area contributed by atoms with E-state index in [0.717, 1.165) is 27.9 Å². The quantitative estimate of drug-likeness (QED) is 0.645. The zero-order valence-corrected chi connectivity index (χ0v) is 18.6. The number of nitrogens with zero attached hydrogens (tertiary/aromatic N) is 4. The molecule has 7 nitrogen and oxygen atoms in total. The molecule has 3 heterocycles. The van der Waals surface area contributed by atoms with Gasteiger partial charge >= 0.3 is 0 Å². The summed E-state index contributed by atoms with van der Waals surface area (Å²) in [5.41, 5.74) is 0.502. The Labute approximate surface area is 183 Å². The molecule has 0 saturated carbocycles. The van der Waals surface area contributed by atoms with Gasteiger partial charge in [-0.3, -0.25) is 4.79 Å². The lowest BCUT2D eigenvalue weighted by molar-refractivity contribution is 0.0209. The predicted molar refractivity (Wildman–Crippen MR) is 116 cm³/mol. The Hall–Kier alpha value is -2.36. The normalized spacial score (nSPS) is 19.5. The number of ether oxygens (including phenoxy) is 1. The van der Waals surface area contributed by atoms with Gasteiger partial charge in [0.15, 0.2) is 0 Å². The summed E-state index contributed by atoms with van der Waals surface area (Å²) < 4.78 is 9.72. The maximum absolute atomic E-state index is 12.8. The van der Waals surface area contributed by atoms with E-state index in [1.54, 1.807) is 11.8 Å². The van der Waals surface area contributed by atoms with Crippen molar-refractivity contribution >= 4 is 28.8 Å². The molecule has 1 aliphatic rings. The molecule has 4 rings (SSSR count). The van der Waals surface area contributed by atoms with Crippen molar-refractivity contribution in [2.75, 3.05) is 13.1 Å². The number of rotatable bonds is 5. The Balaban J connectivity index is 1.45. The van der Waals surface area contributed by atoms with E-state index >= 15 is 0 Å². The van der Waals surface area contributed by atoms with E-state index in [2.05, 4.69) is 14.6 Å². The summed E-state index contributed by atoms with van der Waals surface area (Å²) in [7, 11) is 0. The highest BCUT2D eigenvalue weighted by Crippen LogP contribution is 2.37. The van der Waals surface area contributed by atoms with Crippen LogP contribution in [0.25, 0.3) is 0 Å². The molecule has 30 heavy (non-hydrogen) atoms. The Morgan fingerprint density at radius 3 is 2.73 bits per heavy atom. The van der Waals surface area contributed by atoms with Crippen LogP contribution >= 0.6 is 22.9 Å². The molecule has 0 radical (unpaired) electrons. The van der Waals surface area contributed by atoms with Gasteiger partial charge in [-0.15, -0.1) is 16.4 Å². The lowest BCUT2D eigenvalue weighted by Gasteiger charge is -2.24. The predicted octanol–water partition coefficient (Wildman–Crippen LogP) is 3.70. The Kier molecular flexibility index (Phi) is 6.12. The number of hydrogen-bond donors (Lipinski definition) is 1. The van der Waals surface area contributed by atoms with Crippen LogP contribution in [0.5, 0.6) is 5.75 Å². The van der Waals surface area contributed by atoms with Gasteiger partial charge in [-0.1, -0.05) is 22.7 Å². The van der Waals surface area contributed by atoms with E-state index in [0.29, 0.717) is 54.5 Å². The van der Waals surface area contributed by atoms with Crippen molar-refractivity contribution in [3.05, 3.63) is 56.5 Å². The minimum atomic E-state index is -1.03. The van der Waals surface area contributed by atoms with Gasteiger partial charge in [-0.05, 0) is 50.4 Å². The first-order valence-electron chi connectivity index (χ1n) is 9.91. The summed E-state index contributed by atoms with van der Waals surface area (Å²) in [5.74, 6) is 0.751. The molecule has 0 bridgehead atoms. The van der Waals surface area contributed by atoms with Crippen LogP contribution < -0.4 is 4.74 Å². The van der Waals surface area contributed by atoms with Crippen molar-refractivity contribution in [2.45, 2.75) is 45.3 Å². The summed E-state index contributed by atoms with van der Waals surface area (Å²) in [4.78, 5) is 20.8. The highest BCUT2D eigenvalue weighted by atomic mass is 32.1. The Morgan fingerprint density at radius 1 is 1.20 bits per heavy atom. The fourth-order valence-corrected chi connectivity index (χ4v) is 5.28. The van der Waals surface area contributed by atoms with Gasteiger partial charge in [-0.25, -0.2) is 4.98 Å². The van der Waals surface area contributed by atoms with Crippen LogP contribution in [0.15, 0.2) is 30.3 Å². The van der Waals surface area contributed by atoms with Crippen molar-refractivity contribution in [1.29, 1.82) is 0 Å². The van der Waals surface area contributed by atoms with Gasteiger partial charge in [0.25, 0.3) is 5.91 Å². The number of aliphatic hydroxyl groups is 1. The average molecular weight is 445 g/mol. The largest absolute Gasteiger partial charge is 0.488 e. The number of likely N-dealkylation sites (tertiary alicyclic amines) is 1. The van der Waals surface area contributed by atoms with E-state index in [4.69, 9.17) is 4.74 Å². The number of hydrogen-bond acceptors (Lipinski definition) is 8. The molecule has 1 saturated heterocycles. The number of thiazole rings is 1. The zero-order chi connectivity index (χ0) is 21.1. The van der Waals surface area contributed by atoms with E-state index in [9.17, 15) is 9.90 Å². The maximum atomic E-state index is 12.8. The van der Waals surface area contributed by atoms with E-state index in [1.165, 1.54) is 11.3 Å². The number of carbonyl (C=O) groups excluding carboxylic acids is 1. The van der Waals surface area contributed by atoms with Crippen LogP contribution in [0, 0.1) is 13.8 Å². The minimum absolute atomic E-state index is 0.0565. The molecule has 1 aliphatic heterocycles. The second-order valence-electron chi connectivity index (χ2n) is 7.49. The summed E-state index contributed by atoms with van der Waals surface area (Å²) in [6.07, 6.45) is 1.74. The molecule has 1 aromatic carbocycles. The van der Waals surface area contributed by atoms with Gasteiger partial charge in [0, 0.05) is 19.5 Å². The first kappa shape index (κ1) is 20.9. The fraction of sp³-hybridized carbons (Fsp3) is 0.429. The van der Waals surface area contributed by atoms with Crippen LogP contribution in [-0.2, 0) is 12.2 Å². The standard InChI is InChI=1S/C21H24N4O3S2/c1-14-17(13-28-16-7-4-3-5-8-16)29-20(22-14)21(27)9-6-11-25(12-10-21)19(26)18-15(2)23-24-30-18/h3-5,7-8,27H,6,9-13H2,1-2H3/t21-/m1/s1. The summed E-state index contributed by atoms with van der Waals surface area (Å²) in [6.45, 7) is 5.24. The number of para-hydroxylation sites is 1. The molecule has 158 valence electrons. The minimum Gasteiger partial charge on any atom is -0.488 e. The Bertz CT molecular complexity index is 1020. The van der Waals surface area contributed by atoms with Crippen LogP contribution in [0.4, 0.5) is 0 Å². The van der Waals surface area contributed by atoms with Crippen molar-refractivity contribution in [1.82, 2.24) is 19.5 Å². The smallest absolute Gasteiger partial charge is 0.267 e.